The number of nitriles is 1. The van der Waals surface area contributed by atoms with Gasteiger partial charge in [-0.15, -0.1) is 11.3 Å². The van der Waals surface area contributed by atoms with Crippen LogP contribution in [0, 0.1) is 17.1 Å². The molecule has 0 bridgehead atoms. The number of carbonyl (C=O) groups is 1. The van der Waals surface area contributed by atoms with E-state index in [1.165, 1.54) is 30.5 Å². The number of rotatable bonds is 7. The number of ketones is 1. The molecule has 1 aliphatic rings. The maximum absolute atomic E-state index is 13.9. The van der Waals surface area contributed by atoms with Crippen LogP contribution in [-0.2, 0) is 9.84 Å². The number of piperidine rings is 1. The lowest BCUT2D eigenvalue weighted by Gasteiger charge is -2.31. The molecule has 1 aliphatic heterocycles. The smallest absolute Gasteiger partial charge is 0.210 e. The number of aromatic nitrogens is 2. The maximum atomic E-state index is 13.9. The van der Waals surface area contributed by atoms with Crippen LogP contribution in [0.15, 0.2) is 46.9 Å². The molecule has 4 rings (SSSR count). The van der Waals surface area contributed by atoms with Gasteiger partial charge in [0.1, 0.15) is 23.4 Å². The molecule has 1 aromatic carbocycles. The van der Waals surface area contributed by atoms with Crippen molar-refractivity contribution in [3.8, 4) is 16.5 Å². The maximum Gasteiger partial charge on any atom is 0.210 e. The normalized spacial score (nSPS) is 17.0. The molecular formula is C23H22FN5O3S2. The lowest BCUT2D eigenvalue weighted by Crippen LogP contribution is -2.51. The van der Waals surface area contributed by atoms with Crippen molar-refractivity contribution >= 4 is 32.8 Å². The van der Waals surface area contributed by atoms with Crippen molar-refractivity contribution in [1.29, 1.82) is 5.26 Å². The Morgan fingerprint density at radius 3 is 2.71 bits per heavy atom. The number of nitrogens with one attached hydrogen (secondary N) is 2. The molecule has 1 unspecified atom stereocenters. The quantitative estimate of drug-likeness (QED) is 0.474. The molecular weight excluding hydrogens is 477 g/mol. The molecule has 176 valence electrons. The zero-order chi connectivity index (χ0) is 24.3. The number of benzene rings is 1. The van der Waals surface area contributed by atoms with Crippen molar-refractivity contribution in [2.75, 3.05) is 18.1 Å². The van der Waals surface area contributed by atoms with Gasteiger partial charge in [-0.3, -0.25) is 4.79 Å². The summed E-state index contributed by atoms with van der Waals surface area (Å²) in [5.74, 6) is -0.500. The molecule has 0 spiro atoms. The second-order valence-corrected chi connectivity index (χ2v) is 11.2. The standard InChI is InChI=1S/C23H22FN5O3S2/c1-34(31,32)23-29-20(22(33-23)15-5-7-16(24)8-6-15)21(30)19(17-4-2-3-10-26-17)28-18-12-14(13-25)9-11-27-18/h5-9,11-12,17,19,26H,2-4,10H2,1H3,(H,27,28)/t17?,19-/m0/s1. The van der Waals surface area contributed by atoms with Crippen LogP contribution in [0.2, 0.25) is 0 Å². The topological polar surface area (TPSA) is 125 Å². The van der Waals surface area contributed by atoms with Crippen molar-refractivity contribution in [2.45, 2.75) is 35.7 Å². The molecule has 0 radical (unpaired) electrons. The lowest BCUT2D eigenvalue weighted by atomic mass is 9.92. The molecule has 1 fully saturated rings. The van der Waals surface area contributed by atoms with Gasteiger partial charge in [-0.05, 0) is 49.2 Å². The van der Waals surface area contributed by atoms with Crippen LogP contribution in [0.3, 0.4) is 0 Å². The molecule has 0 amide bonds. The van der Waals surface area contributed by atoms with E-state index in [2.05, 4.69) is 20.6 Å². The summed E-state index contributed by atoms with van der Waals surface area (Å²) in [6, 6.07) is 9.58. The second-order valence-electron chi connectivity index (χ2n) is 8.02. The van der Waals surface area contributed by atoms with Gasteiger partial charge >= 0.3 is 0 Å². The van der Waals surface area contributed by atoms with Crippen molar-refractivity contribution in [2.24, 2.45) is 0 Å². The minimum atomic E-state index is -3.68. The van der Waals surface area contributed by atoms with E-state index in [4.69, 9.17) is 0 Å². The number of hydrogen-bond donors (Lipinski definition) is 2. The van der Waals surface area contributed by atoms with Gasteiger partial charge in [-0.1, -0.05) is 18.6 Å². The van der Waals surface area contributed by atoms with Crippen LogP contribution in [-0.4, -0.2) is 49.1 Å². The Hall–Kier alpha value is -3.20. The van der Waals surface area contributed by atoms with Crippen molar-refractivity contribution < 1.29 is 17.6 Å². The molecule has 2 atom stereocenters. The Kier molecular flexibility index (Phi) is 7.02. The van der Waals surface area contributed by atoms with Crippen LogP contribution >= 0.6 is 11.3 Å². The predicted octanol–water partition coefficient (Wildman–Crippen LogP) is 3.42. The van der Waals surface area contributed by atoms with Gasteiger partial charge in [0.15, 0.2) is 0 Å². The fourth-order valence-corrected chi connectivity index (χ4v) is 5.74. The van der Waals surface area contributed by atoms with Gasteiger partial charge in [0.2, 0.25) is 20.0 Å². The summed E-state index contributed by atoms with van der Waals surface area (Å²) in [4.78, 5) is 22.7. The number of sulfone groups is 1. The molecule has 3 heterocycles. The predicted molar refractivity (Wildman–Crippen MR) is 127 cm³/mol. The molecule has 1 saturated heterocycles. The highest BCUT2D eigenvalue weighted by Crippen LogP contribution is 2.34. The van der Waals surface area contributed by atoms with E-state index in [0.29, 0.717) is 21.8 Å². The van der Waals surface area contributed by atoms with Crippen LogP contribution in [0.5, 0.6) is 0 Å². The largest absolute Gasteiger partial charge is 0.358 e. The van der Waals surface area contributed by atoms with Gasteiger partial charge in [-0.2, -0.15) is 5.26 Å². The third-order valence-corrected chi connectivity index (χ3v) is 8.27. The van der Waals surface area contributed by atoms with E-state index in [1.807, 2.05) is 6.07 Å². The average Bonchev–Trinajstić information content (AvgIpc) is 3.29. The minimum Gasteiger partial charge on any atom is -0.358 e. The Morgan fingerprint density at radius 2 is 2.06 bits per heavy atom. The van der Waals surface area contributed by atoms with Crippen molar-refractivity contribution in [3.05, 3.63) is 59.7 Å². The van der Waals surface area contributed by atoms with Gasteiger partial charge < -0.3 is 10.6 Å². The monoisotopic (exact) mass is 499 g/mol. The highest BCUT2D eigenvalue weighted by atomic mass is 32.2. The number of Topliss-reactive ketones (excluding diaryl/α,β-unsaturated/α-hetero) is 1. The van der Waals surface area contributed by atoms with Crippen LogP contribution in [0.4, 0.5) is 10.2 Å². The first kappa shape index (κ1) is 23.9. The Balaban J connectivity index is 1.79. The summed E-state index contributed by atoms with van der Waals surface area (Å²) in [5, 5.41) is 15.7. The molecule has 0 aliphatic carbocycles. The number of pyridine rings is 1. The van der Waals surface area contributed by atoms with Gasteiger partial charge in [0, 0.05) is 18.5 Å². The van der Waals surface area contributed by atoms with E-state index in [1.54, 1.807) is 12.1 Å². The molecule has 2 aromatic heterocycles. The first-order chi connectivity index (χ1) is 16.3. The third-order valence-electron chi connectivity index (χ3n) is 5.49. The highest BCUT2D eigenvalue weighted by Gasteiger charge is 2.35. The Bertz CT molecular complexity index is 1340. The lowest BCUT2D eigenvalue weighted by molar-refractivity contribution is 0.0941. The van der Waals surface area contributed by atoms with E-state index >= 15 is 0 Å². The summed E-state index contributed by atoms with van der Waals surface area (Å²) < 4.78 is 37.8. The zero-order valence-electron chi connectivity index (χ0n) is 18.3. The van der Waals surface area contributed by atoms with E-state index in [0.717, 1.165) is 43.4 Å². The van der Waals surface area contributed by atoms with E-state index in [-0.39, 0.29) is 16.1 Å². The number of carbonyl (C=O) groups excluding carboxylic acids is 1. The summed E-state index contributed by atoms with van der Waals surface area (Å²) >= 11 is 0.881. The first-order valence-corrected chi connectivity index (χ1v) is 13.3. The number of hydrogen-bond acceptors (Lipinski definition) is 9. The molecule has 11 heteroatoms. The summed E-state index contributed by atoms with van der Waals surface area (Å²) in [6.45, 7) is 0.734. The fourth-order valence-electron chi connectivity index (χ4n) is 3.82. The molecule has 34 heavy (non-hydrogen) atoms. The molecule has 3 aromatic rings. The summed E-state index contributed by atoms with van der Waals surface area (Å²) in [5.41, 5.74) is 0.885. The van der Waals surface area contributed by atoms with Crippen LogP contribution in [0.1, 0.15) is 35.3 Å². The van der Waals surface area contributed by atoms with Crippen LogP contribution in [0.25, 0.3) is 10.4 Å². The molecule has 2 N–H and O–H groups in total. The summed E-state index contributed by atoms with van der Waals surface area (Å²) in [6.07, 6.45) is 5.13. The van der Waals surface area contributed by atoms with Crippen molar-refractivity contribution in [1.82, 2.24) is 15.3 Å². The van der Waals surface area contributed by atoms with E-state index < -0.39 is 27.5 Å². The third kappa shape index (κ3) is 5.30. The van der Waals surface area contributed by atoms with Crippen molar-refractivity contribution in [3.63, 3.8) is 0 Å². The average molecular weight is 500 g/mol. The molecule has 0 saturated carbocycles. The Morgan fingerprint density at radius 1 is 1.29 bits per heavy atom. The molecule has 8 nitrogen and oxygen atoms in total. The SMILES string of the molecule is CS(=O)(=O)c1nc(C(=O)[C@@H](Nc2cc(C#N)ccn2)C2CCCCN2)c(-c2ccc(F)cc2)s1. The Labute approximate surface area is 200 Å². The first-order valence-electron chi connectivity index (χ1n) is 10.6. The summed E-state index contributed by atoms with van der Waals surface area (Å²) in [7, 11) is -3.68. The minimum absolute atomic E-state index is 0.00153. The highest BCUT2D eigenvalue weighted by molar-refractivity contribution is 7.92. The zero-order valence-corrected chi connectivity index (χ0v) is 19.9. The van der Waals surface area contributed by atoms with Gasteiger partial charge in [0.05, 0.1) is 16.5 Å². The van der Waals surface area contributed by atoms with Gasteiger partial charge in [0.25, 0.3) is 0 Å². The fraction of sp³-hybridized carbons (Fsp3) is 0.304. The second kappa shape index (κ2) is 9.97. The van der Waals surface area contributed by atoms with E-state index in [9.17, 15) is 22.9 Å². The van der Waals surface area contributed by atoms with Crippen LogP contribution < -0.4 is 10.6 Å². The number of thiazole rings is 1. The number of anilines is 1. The number of nitrogens with zero attached hydrogens (tertiary/aromatic N) is 3. The number of halogens is 1. The van der Waals surface area contributed by atoms with Gasteiger partial charge in [-0.25, -0.2) is 22.8 Å².